The fraction of sp³-hybridized carbons (Fsp3) is 0.400. The lowest BCUT2D eigenvalue weighted by molar-refractivity contribution is 0.121. The van der Waals surface area contributed by atoms with Crippen LogP contribution in [0.3, 0.4) is 0 Å². The molecule has 7 heteroatoms. The summed E-state index contributed by atoms with van der Waals surface area (Å²) >= 11 is 1.72. The highest BCUT2D eigenvalue weighted by Crippen LogP contribution is 2.30. The Hall–Kier alpha value is -2.06. The Kier molecular flexibility index (Phi) is 7.73. The van der Waals surface area contributed by atoms with E-state index in [9.17, 15) is 8.42 Å². The Morgan fingerprint density at radius 1 is 1.06 bits per heavy atom. The second-order valence-corrected chi connectivity index (χ2v) is 11.4. The number of hydrogen-bond acceptors (Lipinski definition) is 5. The molecule has 1 fully saturated rings. The number of likely N-dealkylation sites (tertiary alicyclic amines) is 1. The SMILES string of the molecule is Cc1ccc(S(=O)(=O)NCCN2CCC(Cc3ccccc3)C(Cc3cncs3)C2)cc1. The highest BCUT2D eigenvalue weighted by molar-refractivity contribution is 7.89. The van der Waals surface area contributed by atoms with Crippen LogP contribution in [-0.2, 0) is 22.9 Å². The van der Waals surface area contributed by atoms with Crippen LogP contribution < -0.4 is 4.72 Å². The highest BCUT2D eigenvalue weighted by atomic mass is 32.2. The maximum absolute atomic E-state index is 12.6. The molecular weight excluding hydrogens is 438 g/mol. The molecule has 170 valence electrons. The number of benzene rings is 2. The van der Waals surface area contributed by atoms with Crippen molar-refractivity contribution < 1.29 is 8.42 Å². The number of nitrogens with one attached hydrogen (secondary N) is 1. The molecule has 4 rings (SSSR count). The fourth-order valence-corrected chi connectivity index (χ4v) is 6.23. The number of aryl methyl sites for hydroxylation is 1. The third kappa shape index (κ3) is 6.25. The summed E-state index contributed by atoms with van der Waals surface area (Å²) in [5.41, 5.74) is 4.35. The molecule has 32 heavy (non-hydrogen) atoms. The van der Waals surface area contributed by atoms with E-state index >= 15 is 0 Å². The molecular formula is C25H31N3O2S2. The largest absolute Gasteiger partial charge is 0.302 e. The molecule has 2 heterocycles. The molecule has 1 saturated heterocycles. The number of nitrogens with zero attached hydrogens (tertiary/aromatic N) is 2. The van der Waals surface area contributed by atoms with E-state index in [0.29, 0.717) is 23.3 Å². The molecule has 1 N–H and O–H groups in total. The van der Waals surface area contributed by atoms with Gasteiger partial charge in [0, 0.05) is 30.7 Å². The second kappa shape index (κ2) is 10.7. The van der Waals surface area contributed by atoms with Gasteiger partial charge in [-0.3, -0.25) is 4.98 Å². The van der Waals surface area contributed by atoms with Crippen LogP contribution in [0.1, 0.15) is 22.4 Å². The van der Waals surface area contributed by atoms with Gasteiger partial charge in [0.05, 0.1) is 10.4 Å². The van der Waals surface area contributed by atoms with E-state index in [-0.39, 0.29) is 0 Å². The summed E-state index contributed by atoms with van der Waals surface area (Å²) in [5.74, 6) is 1.16. The van der Waals surface area contributed by atoms with Crippen molar-refractivity contribution in [2.45, 2.75) is 31.1 Å². The molecule has 0 saturated carbocycles. The van der Waals surface area contributed by atoms with Crippen molar-refractivity contribution in [2.75, 3.05) is 26.2 Å². The minimum atomic E-state index is -3.47. The quantitative estimate of drug-likeness (QED) is 0.511. The molecule has 0 aliphatic carbocycles. The Balaban J connectivity index is 1.35. The van der Waals surface area contributed by atoms with Crippen molar-refractivity contribution in [3.05, 3.63) is 82.3 Å². The van der Waals surface area contributed by atoms with E-state index < -0.39 is 10.0 Å². The minimum Gasteiger partial charge on any atom is -0.302 e. The van der Waals surface area contributed by atoms with Gasteiger partial charge in [0.15, 0.2) is 0 Å². The zero-order valence-electron chi connectivity index (χ0n) is 18.5. The van der Waals surface area contributed by atoms with Gasteiger partial charge in [-0.1, -0.05) is 48.0 Å². The van der Waals surface area contributed by atoms with E-state index in [1.165, 1.54) is 10.4 Å². The number of piperidine rings is 1. The number of aromatic nitrogens is 1. The van der Waals surface area contributed by atoms with Crippen LogP contribution >= 0.6 is 11.3 Å². The van der Waals surface area contributed by atoms with Gasteiger partial charge in [-0.15, -0.1) is 11.3 Å². The molecule has 1 aliphatic heterocycles. The maximum Gasteiger partial charge on any atom is 0.240 e. The summed E-state index contributed by atoms with van der Waals surface area (Å²) in [6, 6.07) is 17.7. The first-order valence-corrected chi connectivity index (χ1v) is 13.6. The smallest absolute Gasteiger partial charge is 0.240 e. The molecule has 2 unspecified atom stereocenters. The van der Waals surface area contributed by atoms with Crippen molar-refractivity contribution in [1.29, 1.82) is 0 Å². The monoisotopic (exact) mass is 469 g/mol. The highest BCUT2D eigenvalue weighted by Gasteiger charge is 2.30. The molecule has 5 nitrogen and oxygen atoms in total. The first kappa shape index (κ1) is 23.1. The van der Waals surface area contributed by atoms with Crippen molar-refractivity contribution >= 4 is 21.4 Å². The molecule has 0 spiro atoms. The molecule has 1 aromatic heterocycles. The standard InChI is InChI=1S/C25H31N3O2S2/c1-20-7-9-25(10-8-20)32(29,30)27-12-14-28-13-11-22(15-21-5-3-2-4-6-21)23(18-28)16-24-17-26-19-31-24/h2-10,17,19,22-23,27H,11-16,18H2,1H3. The Bertz CT molecular complexity index is 1070. The lowest BCUT2D eigenvalue weighted by Gasteiger charge is -2.39. The van der Waals surface area contributed by atoms with Gasteiger partial charge in [-0.25, -0.2) is 13.1 Å². The topological polar surface area (TPSA) is 62.3 Å². The average molecular weight is 470 g/mol. The van der Waals surface area contributed by atoms with Crippen LogP contribution in [0.2, 0.25) is 0 Å². The molecule has 2 aromatic carbocycles. The number of hydrogen-bond donors (Lipinski definition) is 1. The van der Waals surface area contributed by atoms with Crippen LogP contribution in [-0.4, -0.2) is 44.5 Å². The maximum atomic E-state index is 12.6. The normalized spacial score (nSPS) is 19.8. The lowest BCUT2D eigenvalue weighted by atomic mass is 9.79. The number of rotatable bonds is 9. The van der Waals surface area contributed by atoms with Crippen LogP contribution in [0.25, 0.3) is 0 Å². The van der Waals surface area contributed by atoms with E-state index in [1.807, 2.05) is 30.8 Å². The number of thiazole rings is 1. The molecule has 2 atom stereocenters. The minimum absolute atomic E-state index is 0.327. The lowest BCUT2D eigenvalue weighted by Crippen LogP contribution is -2.45. The van der Waals surface area contributed by atoms with Crippen molar-refractivity contribution in [3.8, 4) is 0 Å². The molecule has 0 bridgehead atoms. The third-order valence-electron chi connectivity index (χ3n) is 6.31. The summed E-state index contributed by atoms with van der Waals surface area (Å²) in [4.78, 5) is 8.32. The summed E-state index contributed by atoms with van der Waals surface area (Å²) in [6.07, 6.45) is 5.24. The predicted molar refractivity (Wildman–Crippen MR) is 130 cm³/mol. The number of sulfonamides is 1. The van der Waals surface area contributed by atoms with Gasteiger partial charge in [0.1, 0.15) is 0 Å². The second-order valence-electron chi connectivity index (χ2n) is 8.68. The van der Waals surface area contributed by atoms with E-state index in [2.05, 4.69) is 44.9 Å². The first-order chi connectivity index (χ1) is 15.5. The molecule has 0 amide bonds. The van der Waals surface area contributed by atoms with Crippen LogP contribution in [0.15, 0.2) is 71.2 Å². The van der Waals surface area contributed by atoms with Gasteiger partial charge in [0.2, 0.25) is 10.0 Å². The Morgan fingerprint density at radius 2 is 1.84 bits per heavy atom. The molecule has 1 aliphatic rings. The van der Waals surface area contributed by atoms with E-state index in [0.717, 1.165) is 44.5 Å². The van der Waals surface area contributed by atoms with Crippen LogP contribution in [0.5, 0.6) is 0 Å². The predicted octanol–water partition coefficient (Wildman–Crippen LogP) is 4.15. The average Bonchev–Trinajstić information content (AvgIpc) is 3.29. The van der Waals surface area contributed by atoms with Crippen molar-refractivity contribution in [3.63, 3.8) is 0 Å². The molecule has 3 aromatic rings. The van der Waals surface area contributed by atoms with E-state index in [4.69, 9.17) is 0 Å². The van der Waals surface area contributed by atoms with Crippen molar-refractivity contribution in [2.24, 2.45) is 11.8 Å². The fourth-order valence-electron chi connectivity index (χ4n) is 4.52. The van der Waals surface area contributed by atoms with Crippen LogP contribution in [0, 0.1) is 18.8 Å². The summed E-state index contributed by atoms with van der Waals surface area (Å²) in [5, 5.41) is 0. The third-order valence-corrected chi connectivity index (χ3v) is 8.59. The Morgan fingerprint density at radius 3 is 2.56 bits per heavy atom. The van der Waals surface area contributed by atoms with Crippen LogP contribution in [0.4, 0.5) is 0 Å². The van der Waals surface area contributed by atoms with Gasteiger partial charge in [-0.05, 0) is 62.3 Å². The zero-order chi connectivity index (χ0) is 22.4. The van der Waals surface area contributed by atoms with Gasteiger partial charge < -0.3 is 4.90 Å². The first-order valence-electron chi connectivity index (χ1n) is 11.2. The van der Waals surface area contributed by atoms with Crippen molar-refractivity contribution in [1.82, 2.24) is 14.6 Å². The van der Waals surface area contributed by atoms with Gasteiger partial charge in [-0.2, -0.15) is 0 Å². The summed E-state index contributed by atoms with van der Waals surface area (Å²) in [6.45, 7) is 5.09. The summed E-state index contributed by atoms with van der Waals surface area (Å²) in [7, 11) is -3.47. The van der Waals surface area contributed by atoms with E-state index in [1.54, 1.807) is 23.5 Å². The molecule has 0 radical (unpaired) electrons. The van der Waals surface area contributed by atoms with Gasteiger partial charge in [0.25, 0.3) is 0 Å². The zero-order valence-corrected chi connectivity index (χ0v) is 20.1. The van der Waals surface area contributed by atoms with Gasteiger partial charge >= 0.3 is 0 Å². The Labute approximate surface area is 195 Å². The summed E-state index contributed by atoms with van der Waals surface area (Å²) < 4.78 is 27.9.